The van der Waals surface area contributed by atoms with E-state index in [4.69, 9.17) is 0 Å². The Morgan fingerprint density at radius 2 is 2.14 bits per heavy atom. The molecule has 0 radical (unpaired) electrons. The maximum Gasteiger partial charge on any atom is 0.226 e. The number of thiazole rings is 1. The number of amides is 1. The highest BCUT2D eigenvalue weighted by Crippen LogP contribution is 2.48. The molecule has 0 N–H and O–H groups in total. The van der Waals surface area contributed by atoms with Crippen LogP contribution in [0.25, 0.3) is 0 Å². The molecule has 2 atom stereocenters. The van der Waals surface area contributed by atoms with Crippen LogP contribution in [0.1, 0.15) is 17.9 Å². The maximum absolute atomic E-state index is 12.6. The topological polar surface area (TPSA) is 54.3 Å². The lowest BCUT2D eigenvalue weighted by Crippen LogP contribution is -2.49. The zero-order valence-corrected chi connectivity index (χ0v) is 13.4. The number of anilines is 1. The summed E-state index contributed by atoms with van der Waals surface area (Å²) < 4.78 is 1.81. The van der Waals surface area contributed by atoms with Gasteiger partial charge in [-0.1, -0.05) is 0 Å². The van der Waals surface area contributed by atoms with E-state index in [2.05, 4.69) is 15.0 Å². The fraction of sp³-hybridized carbons (Fsp3) is 0.533. The third-order valence-corrected chi connectivity index (χ3v) is 5.37. The Balaban J connectivity index is 1.33. The van der Waals surface area contributed by atoms with Gasteiger partial charge in [0.05, 0.1) is 6.20 Å². The van der Waals surface area contributed by atoms with Crippen molar-refractivity contribution in [1.29, 1.82) is 0 Å². The minimum absolute atomic E-state index is 0.163. The van der Waals surface area contributed by atoms with Crippen molar-refractivity contribution in [2.24, 2.45) is 13.0 Å². The summed E-state index contributed by atoms with van der Waals surface area (Å²) in [5.74, 6) is 0.849. The van der Waals surface area contributed by atoms with Crippen LogP contribution in [0.5, 0.6) is 0 Å². The fourth-order valence-electron chi connectivity index (χ4n) is 3.19. The van der Waals surface area contributed by atoms with Crippen molar-refractivity contribution in [2.45, 2.75) is 12.3 Å². The zero-order chi connectivity index (χ0) is 15.1. The van der Waals surface area contributed by atoms with E-state index in [9.17, 15) is 4.79 Å². The van der Waals surface area contributed by atoms with Crippen LogP contribution in [0.4, 0.5) is 5.13 Å². The third kappa shape index (κ3) is 2.49. The Kier molecular flexibility index (Phi) is 3.37. The molecule has 116 valence electrons. The first-order valence-corrected chi connectivity index (χ1v) is 8.52. The molecule has 0 spiro atoms. The van der Waals surface area contributed by atoms with Crippen molar-refractivity contribution in [1.82, 2.24) is 19.7 Å². The maximum atomic E-state index is 12.6. The van der Waals surface area contributed by atoms with Gasteiger partial charge in [0, 0.05) is 56.9 Å². The summed E-state index contributed by atoms with van der Waals surface area (Å²) in [4.78, 5) is 21.2. The second-order valence-corrected chi connectivity index (χ2v) is 6.90. The van der Waals surface area contributed by atoms with E-state index in [0.29, 0.717) is 11.8 Å². The second kappa shape index (κ2) is 5.39. The molecule has 1 aliphatic heterocycles. The van der Waals surface area contributed by atoms with Gasteiger partial charge in [0.1, 0.15) is 0 Å². The number of carbonyl (C=O) groups is 1. The van der Waals surface area contributed by atoms with Crippen LogP contribution in [0.3, 0.4) is 0 Å². The van der Waals surface area contributed by atoms with E-state index >= 15 is 0 Å². The Morgan fingerprint density at radius 1 is 1.32 bits per heavy atom. The van der Waals surface area contributed by atoms with Gasteiger partial charge in [0.15, 0.2) is 5.13 Å². The molecule has 3 heterocycles. The monoisotopic (exact) mass is 317 g/mol. The molecule has 1 saturated heterocycles. The van der Waals surface area contributed by atoms with Crippen molar-refractivity contribution >= 4 is 22.4 Å². The summed E-state index contributed by atoms with van der Waals surface area (Å²) in [6, 6.07) is 0. The van der Waals surface area contributed by atoms with Crippen LogP contribution < -0.4 is 4.90 Å². The molecular weight excluding hydrogens is 298 g/mol. The number of hydrogen-bond donors (Lipinski definition) is 0. The van der Waals surface area contributed by atoms with Gasteiger partial charge in [-0.2, -0.15) is 5.10 Å². The van der Waals surface area contributed by atoms with Gasteiger partial charge in [-0.15, -0.1) is 11.3 Å². The summed E-state index contributed by atoms with van der Waals surface area (Å²) in [5.41, 5.74) is 1.20. The molecule has 2 fully saturated rings. The van der Waals surface area contributed by atoms with E-state index in [1.807, 2.05) is 40.6 Å². The Morgan fingerprint density at radius 3 is 2.77 bits per heavy atom. The van der Waals surface area contributed by atoms with E-state index in [0.717, 1.165) is 37.7 Å². The van der Waals surface area contributed by atoms with Crippen LogP contribution in [-0.4, -0.2) is 51.8 Å². The Bertz CT molecular complexity index is 659. The number of aromatic nitrogens is 3. The van der Waals surface area contributed by atoms with Gasteiger partial charge in [-0.25, -0.2) is 4.98 Å². The first kappa shape index (κ1) is 13.8. The smallest absolute Gasteiger partial charge is 0.226 e. The Hall–Kier alpha value is -1.89. The molecule has 1 saturated carbocycles. The summed E-state index contributed by atoms with van der Waals surface area (Å²) in [5, 5.41) is 7.26. The Labute approximate surface area is 133 Å². The molecule has 1 amide bonds. The van der Waals surface area contributed by atoms with Crippen LogP contribution >= 0.6 is 11.3 Å². The number of hydrogen-bond acceptors (Lipinski definition) is 5. The second-order valence-electron chi connectivity index (χ2n) is 6.02. The van der Waals surface area contributed by atoms with Crippen LogP contribution in [0.15, 0.2) is 24.0 Å². The summed E-state index contributed by atoms with van der Waals surface area (Å²) >= 11 is 1.66. The van der Waals surface area contributed by atoms with E-state index in [-0.39, 0.29) is 5.92 Å². The summed E-state index contributed by atoms with van der Waals surface area (Å²) in [6.45, 7) is 3.36. The van der Waals surface area contributed by atoms with Crippen molar-refractivity contribution in [2.75, 3.05) is 31.1 Å². The largest absolute Gasteiger partial charge is 0.345 e. The predicted molar refractivity (Wildman–Crippen MR) is 85.0 cm³/mol. The van der Waals surface area contributed by atoms with Gasteiger partial charge < -0.3 is 9.80 Å². The summed E-state index contributed by atoms with van der Waals surface area (Å²) in [6.07, 6.45) is 6.72. The zero-order valence-electron chi connectivity index (χ0n) is 12.6. The number of aryl methyl sites for hydroxylation is 1. The molecule has 1 aliphatic carbocycles. The fourth-order valence-corrected chi connectivity index (χ4v) is 3.89. The lowest BCUT2D eigenvalue weighted by molar-refractivity contribution is -0.132. The molecule has 2 aromatic heterocycles. The molecule has 2 aliphatic rings. The molecule has 22 heavy (non-hydrogen) atoms. The van der Waals surface area contributed by atoms with Crippen LogP contribution in [0.2, 0.25) is 0 Å². The minimum atomic E-state index is 0.163. The predicted octanol–water partition coefficient (Wildman–Crippen LogP) is 1.33. The van der Waals surface area contributed by atoms with Crippen LogP contribution in [-0.2, 0) is 11.8 Å². The minimum Gasteiger partial charge on any atom is -0.345 e. The lowest BCUT2D eigenvalue weighted by atomic mass is 10.2. The molecule has 0 bridgehead atoms. The molecule has 7 heteroatoms. The van der Waals surface area contributed by atoms with Gasteiger partial charge in [0.25, 0.3) is 0 Å². The highest BCUT2D eigenvalue weighted by atomic mass is 32.1. The quantitative estimate of drug-likeness (QED) is 0.857. The first-order valence-electron chi connectivity index (χ1n) is 7.64. The van der Waals surface area contributed by atoms with Gasteiger partial charge in [0.2, 0.25) is 5.91 Å². The molecule has 6 nitrogen and oxygen atoms in total. The SMILES string of the molecule is Cn1cc([C@H]2C[C@H]2C(=O)N2CCN(c3nccs3)CC2)cn1. The summed E-state index contributed by atoms with van der Waals surface area (Å²) in [7, 11) is 1.92. The van der Waals surface area contributed by atoms with Crippen LogP contribution in [0, 0.1) is 5.92 Å². The molecule has 0 aromatic carbocycles. The molecule has 0 unspecified atom stereocenters. The van der Waals surface area contributed by atoms with Crippen molar-refractivity contribution in [3.05, 3.63) is 29.5 Å². The molecule has 2 aromatic rings. The number of piperazine rings is 1. The average molecular weight is 317 g/mol. The van der Waals surface area contributed by atoms with Crippen molar-refractivity contribution in [3.63, 3.8) is 0 Å². The van der Waals surface area contributed by atoms with Gasteiger partial charge in [-0.3, -0.25) is 9.48 Å². The van der Waals surface area contributed by atoms with E-state index in [1.165, 1.54) is 5.56 Å². The van der Waals surface area contributed by atoms with E-state index < -0.39 is 0 Å². The van der Waals surface area contributed by atoms with Gasteiger partial charge >= 0.3 is 0 Å². The highest BCUT2D eigenvalue weighted by Gasteiger charge is 2.46. The normalized spacial score (nSPS) is 24.6. The average Bonchev–Trinajstić information content (AvgIpc) is 2.95. The third-order valence-electron chi connectivity index (χ3n) is 4.54. The highest BCUT2D eigenvalue weighted by molar-refractivity contribution is 7.13. The molecule has 4 rings (SSSR count). The van der Waals surface area contributed by atoms with E-state index in [1.54, 1.807) is 11.3 Å². The standard InChI is InChI=1S/C15H19N5OS/c1-18-10-11(9-17-18)12-8-13(12)14(21)19-3-5-20(6-4-19)15-16-2-7-22-15/h2,7,9-10,12-13H,3-6,8H2,1H3/t12-,13-/m1/s1. The number of carbonyl (C=O) groups excluding carboxylic acids is 1. The van der Waals surface area contributed by atoms with Crippen molar-refractivity contribution in [3.8, 4) is 0 Å². The molecular formula is C15H19N5OS. The lowest BCUT2D eigenvalue weighted by Gasteiger charge is -2.34. The number of rotatable bonds is 3. The first-order chi connectivity index (χ1) is 10.7. The van der Waals surface area contributed by atoms with Gasteiger partial charge in [-0.05, 0) is 17.9 Å². The number of nitrogens with zero attached hydrogens (tertiary/aromatic N) is 5. The van der Waals surface area contributed by atoms with Crippen molar-refractivity contribution < 1.29 is 4.79 Å².